The number of phenols is 1. The van der Waals surface area contributed by atoms with Crippen LogP contribution in [-0.4, -0.2) is 11.4 Å². The third-order valence-corrected chi connectivity index (χ3v) is 2.64. The summed E-state index contributed by atoms with van der Waals surface area (Å²) in [7, 11) is 0. The Balaban J connectivity index is 2.89. The Kier molecular flexibility index (Phi) is 2.42. The molecule has 0 radical (unpaired) electrons. The van der Waals surface area contributed by atoms with E-state index >= 15 is 0 Å². The maximum absolute atomic E-state index is 10.9. The predicted molar refractivity (Wildman–Crippen MR) is 60.4 cm³/mol. The van der Waals surface area contributed by atoms with E-state index in [1.807, 2.05) is 37.3 Å². The highest BCUT2D eigenvalue weighted by Gasteiger charge is 2.10. The summed E-state index contributed by atoms with van der Waals surface area (Å²) in [6.45, 7) is 1.96. The number of carbonyl (C=O) groups is 1. The van der Waals surface area contributed by atoms with Gasteiger partial charge in [-0.2, -0.15) is 0 Å². The smallest absolute Gasteiger partial charge is 0.154 e. The van der Waals surface area contributed by atoms with Crippen molar-refractivity contribution in [3.63, 3.8) is 0 Å². The quantitative estimate of drug-likeness (QED) is 0.757. The lowest BCUT2D eigenvalue weighted by atomic mass is 9.99. The lowest BCUT2D eigenvalue weighted by Crippen LogP contribution is -1.90. The lowest BCUT2D eigenvalue weighted by molar-refractivity contribution is 0.112. The van der Waals surface area contributed by atoms with E-state index in [2.05, 4.69) is 0 Å². The van der Waals surface area contributed by atoms with Crippen molar-refractivity contribution in [1.29, 1.82) is 0 Å². The second-order valence-electron chi connectivity index (χ2n) is 3.49. The molecule has 2 nitrogen and oxygen atoms in total. The molecule has 0 aliphatic carbocycles. The van der Waals surface area contributed by atoms with Gasteiger partial charge in [-0.05, 0) is 28.8 Å². The Morgan fingerprint density at radius 1 is 1.33 bits per heavy atom. The van der Waals surface area contributed by atoms with E-state index in [-0.39, 0.29) is 5.75 Å². The Labute approximate surface area is 88.2 Å². The summed E-state index contributed by atoms with van der Waals surface area (Å²) in [5.41, 5.74) is 1.21. The van der Waals surface area contributed by atoms with Crippen LogP contribution < -0.4 is 0 Å². The van der Waals surface area contributed by atoms with E-state index in [0.29, 0.717) is 5.56 Å². The van der Waals surface area contributed by atoms with Crippen molar-refractivity contribution < 1.29 is 9.90 Å². The highest BCUT2D eigenvalue weighted by molar-refractivity contribution is 6.01. The van der Waals surface area contributed by atoms with Crippen molar-refractivity contribution in [1.82, 2.24) is 0 Å². The molecule has 0 saturated carbocycles. The normalized spacial score (nSPS) is 10.5. The molecule has 2 heteroatoms. The van der Waals surface area contributed by atoms with Crippen molar-refractivity contribution >= 4 is 17.1 Å². The predicted octanol–water partition coefficient (Wildman–Crippen LogP) is 2.92. The molecule has 15 heavy (non-hydrogen) atoms. The fourth-order valence-corrected chi connectivity index (χ4v) is 1.81. The van der Waals surface area contributed by atoms with Crippen molar-refractivity contribution in [3.05, 3.63) is 41.5 Å². The number of carbonyl (C=O) groups excluding carboxylic acids is 1. The first kappa shape index (κ1) is 9.71. The SMILES string of the molecule is CCc1cc2ccccc2c(C=O)c1O. The molecule has 2 aromatic rings. The molecular formula is C13H12O2. The van der Waals surface area contributed by atoms with Gasteiger partial charge in [0.2, 0.25) is 0 Å². The molecule has 0 aliphatic heterocycles. The molecule has 0 heterocycles. The summed E-state index contributed by atoms with van der Waals surface area (Å²) in [5, 5.41) is 11.7. The summed E-state index contributed by atoms with van der Waals surface area (Å²) in [5.74, 6) is 0.117. The van der Waals surface area contributed by atoms with Gasteiger partial charge in [0, 0.05) is 0 Å². The number of phenolic OH excluding ortho intramolecular Hbond substituents is 1. The van der Waals surface area contributed by atoms with Gasteiger partial charge in [-0.25, -0.2) is 0 Å². The summed E-state index contributed by atoms with van der Waals surface area (Å²) >= 11 is 0. The molecule has 0 bridgehead atoms. The molecule has 0 atom stereocenters. The number of aldehydes is 1. The molecule has 0 saturated heterocycles. The van der Waals surface area contributed by atoms with Crippen LogP contribution in [0.15, 0.2) is 30.3 Å². The van der Waals surface area contributed by atoms with Gasteiger partial charge in [0.25, 0.3) is 0 Å². The Bertz CT molecular complexity index is 515. The zero-order valence-electron chi connectivity index (χ0n) is 8.53. The molecule has 0 aliphatic rings. The minimum atomic E-state index is 0.117. The van der Waals surface area contributed by atoms with E-state index in [0.717, 1.165) is 29.0 Å². The van der Waals surface area contributed by atoms with Crippen LogP contribution in [0.1, 0.15) is 22.8 Å². The van der Waals surface area contributed by atoms with Gasteiger partial charge >= 0.3 is 0 Å². The third kappa shape index (κ3) is 1.48. The molecule has 0 amide bonds. The Morgan fingerprint density at radius 2 is 2.07 bits per heavy atom. The molecule has 0 fully saturated rings. The monoisotopic (exact) mass is 200 g/mol. The van der Waals surface area contributed by atoms with E-state index in [9.17, 15) is 9.90 Å². The van der Waals surface area contributed by atoms with Gasteiger partial charge in [0.05, 0.1) is 5.56 Å². The summed E-state index contributed by atoms with van der Waals surface area (Å²) in [6, 6.07) is 9.50. The summed E-state index contributed by atoms with van der Waals surface area (Å²) < 4.78 is 0. The van der Waals surface area contributed by atoms with Gasteiger partial charge in [-0.15, -0.1) is 0 Å². The molecule has 2 aromatic carbocycles. The molecule has 0 unspecified atom stereocenters. The second kappa shape index (κ2) is 3.73. The van der Waals surface area contributed by atoms with E-state index in [4.69, 9.17) is 0 Å². The first-order valence-corrected chi connectivity index (χ1v) is 4.96. The zero-order valence-corrected chi connectivity index (χ0v) is 8.53. The minimum absolute atomic E-state index is 0.117. The van der Waals surface area contributed by atoms with Crippen LogP contribution in [0.25, 0.3) is 10.8 Å². The highest BCUT2D eigenvalue weighted by Crippen LogP contribution is 2.30. The fraction of sp³-hybridized carbons (Fsp3) is 0.154. The van der Waals surface area contributed by atoms with Crippen molar-refractivity contribution in [2.24, 2.45) is 0 Å². The third-order valence-electron chi connectivity index (χ3n) is 2.64. The van der Waals surface area contributed by atoms with Gasteiger partial charge < -0.3 is 5.11 Å². The van der Waals surface area contributed by atoms with Crippen LogP contribution >= 0.6 is 0 Å². The first-order valence-electron chi connectivity index (χ1n) is 4.96. The number of rotatable bonds is 2. The van der Waals surface area contributed by atoms with E-state index < -0.39 is 0 Å². The van der Waals surface area contributed by atoms with Gasteiger partial charge in [-0.3, -0.25) is 4.79 Å². The first-order chi connectivity index (χ1) is 7.27. The summed E-state index contributed by atoms with van der Waals surface area (Å²) in [4.78, 5) is 10.9. The zero-order chi connectivity index (χ0) is 10.8. The lowest BCUT2D eigenvalue weighted by Gasteiger charge is -2.08. The summed E-state index contributed by atoms with van der Waals surface area (Å²) in [6.07, 6.45) is 1.44. The van der Waals surface area contributed by atoms with Gasteiger partial charge in [0.15, 0.2) is 6.29 Å². The second-order valence-corrected chi connectivity index (χ2v) is 3.49. The average molecular weight is 200 g/mol. The van der Waals surface area contributed by atoms with E-state index in [1.165, 1.54) is 0 Å². The van der Waals surface area contributed by atoms with Crippen LogP contribution in [-0.2, 0) is 6.42 Å². The van der Waals surface area contributed by atoms with E-state index in [1.54, 1.807) is 0 Å². The number of aromatic hydroxyl groups is 1. The van der Waals surface area contributed by atoms with Crippen molar-refractivity contribution in [2.75, 3.05) is 0 Å². The number of fused-ring (bicyclic) bond motifs is 1. The molecule has 1 N–H and O–H groups in total. The maximum atomic E-state index is 10.9. The fourth-order valence-electron chi connectivity index (χ4n) is 1.81. The number of hydrogen-bond acceptors (Lipinski definition) is 2. The number of benzene rings is 2. The maximum Gasteiger partial charge on any atom is 0.154 e. The van der Waals surface area contributed by atoms with Crippen LogP contribution in [0, 0.1) is 0 Å². The minimum Gasteiger partial charge on any atom is -0.507 e. The largest absolute Gasteiger partial charge is 0.507 e. The average Bonchev–Trinajstić information content (AvgIpc) is 2.28. The molecule has 2 rings (SSSR count). The van der Waals surface area contributed by atoms with Gasteiger partial charge in [0.1, 0.15) is 5.75 Å². The van der Waals surface area contributed by atoms with Crippen molar-refractivity contribution in [3.8, 4) is 5.75 Å². The topological polar surface area (TPSA) is 37.3 Å². The number of aryl methyl sites for hydroxylation is 1. The molecule has 0 aromatic heterocycles. The highest BCUT2D eigenvalue weighted by atomic mass is 16.3. The number of hydrogen-bond donors (Lipinski definition) is 1. The molecular weight excluding hydrogens is 188 g/mol. The standard InChI is InChI=1S/C13H12O2/c1-2-9-7-10-5-3-4-6-11(10)12(8-14)13(9)15/h3-8,15H,2H2,1H3. The van der Waals surface area contributed by atoms with Crippen molar-refractivity contribution in [2.45, 2.75) is 13.3 Å². The van der Waals surface area contributed by atoms with Crippen LogP contribution in [0.4, 0.5) is 0 Å². The molecule has 0 spiro atoms. The van der Waals surface area contributed by atoms with Crippen LogP contribution in [0.3, 0.4) is 0 Å². The Morgan fingerprint density at radius 3 is 2.73 bits per heavy atom. The molecule has 76 valence electrons. The Hall–Kier alpha value is -1.83. The van der Waals surface area contributed by atoms with Crippen LogP contribution in [0.2, 0.25) is 0 Å². The van der Waals surface area contributed by atoms with Crippen LogP contribution in [0.5, 0.6) is 5.75 Å². The van der Waals surface area contributed by atoms with Gasteiger partial charge in [-0.1, -0.05) is 31.2 Å².